The second-order valence-corrected chi connectivity index (χ2v) is 7.80. The first-order chi connectivity index (χ1) is 9.45. The van der Waals surface area contributed by atoms with Crippen LogP contribution in [0.1, 0.15) is 51.7 Å². The first-order valence-electron chi connectivity index (χ1n) is 7.15. The molecule has 0 aromatic carbocycles. The lowest BCUT2D eigenvalue weighted by molar-refractivity contribution is 0.572. The normalized spacial score (nSPS) is 11.8. The van der Waals surface area contributed by atoms with Crippen LogP contribution in [0.4, 0.5) is 5.13 Å². The van der Waals surface area contributed by atoms with Crippen LogP contribution in [0.15, 0.2) is 5.38 Å². The number of nitrogens with one attached hydrogen (secondary N) is 1. The Hall–Kier alpha value is -0.940. The Balaban J connectivity index is 2.42. The van der Waals surface area contributed by atoms with E-state index < -0.39 is 0 Å². The van der Waals surface area contributed by atoms with Crippen LogP contribution in [-0.4, -0.2) is 16.5 Å². The highest BCUT2D eigenvalue weighted by Crippen LogP contribution is 2.38. The molecule has 3 nitrogen and oxygen atoms in total. The van der Waals surface area contributed by atoms with E-state index in [1.54, 1.807) is 22.7 Å². The zero-order valence-electron chi connectivity index (χ0n) is 12.9. The molecule has 0 amide bonds. The van der Waals surface area contributed by atoms with Gasteiger partial charge in [0.1, 0.15) is 0 Å². The van der Waals surface area contributed by atoms with Gasteiger partial charge in [0.05, 0.1) is 21.3 Å². The highest BCUT2D eigenvalue weighted by molar-refractivity contribution is 7.16. The Kier molecular flexibility index (Phi) is 4.81. The molecule has 110 valence electrons. The number of hydrogen-bond acceptors (Lipinski definition) is 5. The third kappa shape index (κ3) is 3.38. The average Bonchev–Trinajstić information content (AvgIpc) is 2.95. The number of hydrogen-bond donors (Lipinski definition) is 1. The van der Waals surface area contributed by atoms with Crippen LogP contribution < -0.4 is 5.32 Å². The summed E-state index contributed by atoms with van der Waals surface area (Å²) in [5.41, 5.74) is 2.30. The summed E-state index contributed by atoms with van der Waals surface area (Å²) in [4.78, 5) is 10.8. The van der Waals surface area contributed by atoms with E-state index >= 15 is 0 Å². The predicted molar refractivity (Wildman–Crippen MR) is 90.1 cm³/mol. The number of thiazole rings is 2. The smallest absolute Gasteiger partial charge is 0.183 e. The van der Waals surface area contributed by atoms with Crippen LogP contribution in [0.3, 0.4) is 0 Å². The molecule has 0 aliphatic carbocycles. The molecular weight excluding hydrogens is 286 g/mol. The van der Waals surface area contributed by atoms with Gasteiger partial charge < -0.3 is 5.32 Å². The fourth-order valence-electron chi connectivity index (χ4n) is 1.98. The van der Waals surface area contributed by atoms with Crippen LogP contribution in [0.25, 0.3) is 10.6 Å². The molecule has 0 radical (unpaired) electrons. The molecule has 2 heterocycles. The molecule has 5 heteroatoms. The lowest BCUT2D eigenvalue weighted by Crippen LogP contribution is -2.13. The first kappa shape index (κ1) is 15.4. The van der Waals surface area contributed by atoms with Crippen molar-refractivity contribution in [3.8, 4) is 10.6 Å². The van der Waals surface area contributed by atoms with E-state index in [9.17, 15) is 0 Å². The second-order valence-electron chi connectivity index (χ2n) is 5.85. The first-order valence-corrected chi connectivity index (χ1v) is 8.85. The quantitative estimate of drug-likeness (QED) is 0.849. The summed E-state index contributed by atoms with van der Waals surface area (Å²) in [5, 5.41) is 7.64. The maximum atomic E-state index is 4.87. The number of aryl methyl sites for hydroxylation is 1. The van der Waals surface area contributed by atoms with Crippen molar-refractivity contribution >= 4 is 27.8 Å². The highest BCUT2D eigenvalue weighted by Gasteiger charge is 2.25. The third-order valence-corrected chi connectivity index (χ3v) is 4.85. The molecule has 0 saturated heterocycles. The van der Waals surface area contributed by atoms with E-state index in [0.29, 0.717) is 0 Å². The zero-order valence-corrected chi connectivity index (χ0v) is 14.5. The Morgan fingerprint density at radius 3 is 2.55 bits per heavy atom. The van der Waals surface area contributed by atoms with Gasteiger partial charge in [0.15, 0.2) is 5.13 Å². The minimum Gasteiger partial charge on any atom is -0.362 e. The Bertz CT molecular complexity index is 564. The molecule has 0 unspecified atom stereocenters. The lowest BCUT2D eigenvalue weighted by atomic mass is 9.91. The fourth-order valence-corrected chi connectivity index (χ4v) is 4.16. The largest absolute Gasteiger partial charge is 0.362 e. The van der Waals surface area contributed by atoms with Gasteiger partial charge in [-0.2, -0.15) is 0 Å². The summed E-state index contributed by atoms with van der Waals surface area (Å²) in [6.07, 6.45) is 2.19. The van der Waals surface area contributed by atoms with E-state index in [0.717, 1.165) is 30.2 Å². The van der Waals surface area contributed by atoms with Crippen molar-refractivity contribution in [2.75, 3.05) is 11.9 Å². The Labute approximate surface area is 129 Å². The summed E-state index contributed by atoms with van der Waals surface area (Å²) in [5.74, 6) is 0. The predicted octanol–water partition coefficient (Wildman–Crippen LogP) is 4.95. The Morgan fingerprint density at radius 2 is 1.95 bits per heavy atom. The molecule has 2 rings (SSSR count). The SMILES string of the molecule is CCCc1nc(C(C)(C)C)c(-c2csc(NCC)n2)s1. The van der Waals surface area contributed by atoms with E-state index in [-0.39, 0.29) is 5.41 Å². The van der Waals surface area contributed by atoms with Gasteiger partial charge in [-0.25, -0.2) is 9.97 Å². The van der Waals surface area contributed by atoms with Crippen LogP contribution in [0.5, 0.6) is 0 Å². The van der Waals surface area contributed by atoms with E-state index in [1.165, 1.54) is 15.6 Å². The summed E-state index contributed by atoms with van der Waals surface area (Å²) < 4.78 is 0. The monoisotopic (exact) mass is 309 g/mol. The number of aromatic nitrogens is 2. The minimum absolute atomic E-state index is 0.0553. The molecular formula is C15H23N3S2. The molecule has 1 N–H and O–H groups in total. The summed E-state index contributed by atoms with van der Waals surface area (Å²) >= 11 is 3.47. The maximum absolute atomic E-state index is 4.87. The van der Waals surface area contributed by atoms with Crippen LogP contribution in [-0.2, 0) is 11.8 Å². The number of nitrogens with zero attached hydrogens (tertiary/aromatic N) is 2. The summed E-state index contributed by atoms with van der Waals surface area (Å²) in [7, 11) is 0. The molecule has 0 bridgehead atoms. The van der Waals surface area contributed by atoms with Crippen LogP contribution in [0.2, 0.25) is 0 Å². The molecule has 2 aromatic heterocycles. The topological polar surface area (TPSA) is 37.8 Å². The second kappa shape index (κ2) is 6.22. The molecule has 0 fully saturated rings. The van der Waals surface area contributed by atoms with Gasteiger partial charge in [0, 0.05) is 17.3 Å². The van der Waals surface area contributed by atoms with Gasteiger partial charge in [0.2, 0.25) is 0 Å². The van der Waals surface area contributed by atoms with E-state index in [4.69, 9.17) is 9.97 Å². The van der Waals surface area contributed by atoms with Crippen molar-refractivity contribution in [3.05, 3.63) is 16.1 Å². The molecule has 0 saturated carbocycles. The summed E-state index contributed by atoms with van der Waals surface area (Å²) in [6.45, 7) is 11.9. The average molecular weight is 310 g/mol. The zero-order chi connectivity index (χ0) is 14.8. The molecule has 0 spiro atoms. The van der Waals surface area contributed by atoms with Gasteiger partial charge in [-0.05, 0) is 19.8 Å². The lowest BCUT2D eigenvalue weighted by Gasteiger charge is -2.16. The minimum atomic E-state index is 0.0553. The third-order valence-electron chi connectivity index (χ3n) is 2.91. The molecule has 0 aliphatic rings. The van der Waals surface area contributed by atoms with Crippen molar-refractivity contribution in [3.63, 3.8) is 0 Å². The molecule has 20 heavy (non-hydrogen) atoms. The van der Waals surface area contributed by atoms with Crippen molar-refractivity contribution in [2.45, 2.75) is 52.9 Å². The Morgan fingerprint density at radius 1 is 1.20 bits per heavy atom. The van der Waals surface area contributed by atoms with Gasteiger partial charge in [-0.15, -0.1) is 22.7 Å². The van der Waals surface area contributed by atoms with Crippen molar-refractivity contribution in [1.29, 1.82) is 0 Å². The van der Waals surface area contributed by atoms with Crippen molar-refractivity contribution in [2.24, 2.45) is 0 Å². The standard InChI is InChI=1S/C15H23N3S2/c1-6-8-11-18-13(15(3,4)5)12(20-11)10-9-19-14(17-10)16-7-2/h9H,6-8H2,1-5H3,(H,16,17). The van der Waals surface area contributed by atoms with Crippen molar-refractivity contribution < 1.29 is 0 Å². The van der Waals surface area contributed by atoms with Crippen LogP contribution in [0, 0.1) is 0 Å². The fraction of sp³-hybridized carbons (Fsp3) is 0.600. The van der Waals surface area contributed by atoms with E-state index in [2.05, 4.69) is 45.3 Å². The summed E-state index contributed by atoms with van der Waals surface area (Å²) in [6, 6.07) is 0. The van der Waals surface area contributed by atoms with Gasteiger partial charge in [0.25, 0.3) is 0 Å². The number of anilines is 1. The van der Waals surface area contributed by atoms with Gasteiger partial charge in [-0.3, -0.25) is 0 Å². The highest BCUT2D eigenvalue weighted by atomic mass is 32.1. The maximum Gasteiger partial charge on any atom is 0.183 e. The number of rotatable bonds is 5. The molecule has 0 atom stereocenters. The van der Waals surface area contributed by atoms with Gasteiger partial charge >= 0.3 is 0 Å². The van der Waals surface area contributed by atoms with Crippen LogP contribution >= 0.6 is 22.7 Å². The van der Waals surface area contributed by atoms with Crippen molar-refractivity contribution in [1.82, 2.24) is 9.97 Å². The molecule has 2 aromatic rings. The van der Waals surface area contributed by atoms with E-state index in [1.807, 2.05) is 0 Å². The van der Waals surface area contributed by atoms with Gasteiger partial charge in [-0.1, -0.05) is 27.7 Å². The molecule has 0 aliphatic heterocycles.